The van der Waals surface area contributed by atoms with Crippen molar-refractivity contribution in [2.45, 2.75) is 32.0 Å². The second-order valence-corrected chi connectivity index (χ2v) is 3.48. The van der Waals surface area contributed by atoms with Crippen LogP contribution in [0, 0.1) is 0 Å². The fraction of sp³-hybridized carbons (Fsp3) is 1.00. The van der Waals surface area contributed by atoms with Crippen molar-refractivity contribution < 1.29 is 0 Å². The third-order valence-electron chi connectivity index (χ3n) is 2.98. The highest BCUT2D eigenvalue weighted by Gasteiger charge is 2.41. The first-order valence-corrected chi connectivity index (χ1v) is 4.29. The topological polar surface area (TPSA) is 6.48 Å². The van der Waals surface area contributed by atoms with Gasteiger partial charge in [-0.25, -0.2) is 0 Å². The molecule has 0 aliphatic carbocycles. The Kier molecular flexibility index (Phi) is 1.46. The van der Waals surface area contributed by atoms with Gasteiger partial charge < -0.3 is 0 Å². The first kappa shape index (κ1) is 6.62. The fourth-order valence-electron chi connectivity index (χ4n) is 2.51. The molecular weight excluding hydrogens is 124 g/mol. The summed E-state index contributed by atoms with van der Waals surface area (Å²) < 4.78 is 0. The standard InChI is InChI=1S/C8H16N2/c1-3-10-7-4-5-8(10)9(2)6-7/h7-8H,3-6H2,1-2H3. The number of likely N-dealkylation sites (tertiary alicyclic amines) is 1. The minimum Gasteiger partial charge on any atom is -0.289 e. The predicted molar refractivity (Wildman–Crippen MR) is 41.8 cm³/mol. The maximum Gasteiger partial charge on any atom is 0.0623 e. The van der Waals surface area contributed by atoms with E-state index in [4.69, 9.17) is 0 Å². The fourth-order valence-corrected chi connectivity index (χ4v) is 2.51. The maximum absolute atomic E-state index is 2.62. The van der Waals surface area contributed by atoms with Crippen molar-refractivity contribution >= 4 is 0 Å². The Balaban J connectivity index is 2.11. The van der Waals surface area contributed by atoms with Crippen LogP contribution in [0.5, 0.6) is 0 Å². The second-order valence-electron chi connectivity index (χ2n) is 3.48. The lowest BCUT2D eigenvalue weighted by Crippen LogP contribution is -2.33. The average Bonchev–Trinajstić information content (AvgIpc) is 2.42. The Bertz CT molecular complexity index is 135. The quantitative estimate of drug-likeness (QED) is 0.530. The molecule has 0 N–H and O–H groups in total. The summed E-state index contributed by atoms with van der Waals surface area (Å²) in [6.45, 7) is 4.81. The highest BCUT2D eigenvalue weighted by atomic mass is 15.4. The second kappa shape index (κ2) is 2.21. The zero-order chi connectivity index (χ0) is 7.14. The van der Waals surface area contributed by atoms with Crippen LogP contribution in [-0.4, -0.2) is 42.1 Å². The number of fused-ring (bicyclic) bond motifs is 2. The summed E-state index contributed by atoms with van der Waals surface area (Å²) in [5.74, 6) is 0. The minimum absolute atomic E-state index is 0.787. The lowest BCUT2D eigenvalue weighted by atomic mass is 10.1. The van der Waals surface area contributed by atoms with Gasteiger partial charge >= 0.3 is 0 Å². The highest BCUT2D eigenvalue weighted by Crippen LogP contribution is 2.32. The van der Waals surface area contributed by atoms with Crippen LogP contribution in [0.4, 0.5) is 0 Å². The molecule has 2 bridgehead atoms. The molecule has 2 heteroatoms. The average molecular weight is 140 g/mol. The van der Waals surface area contributed by atoms with Gasteiger partial charge in [0.25, 0.3) is 0 Å². The molecule has 58 valence electrons. The van der Waals surface area contributed by atoms with E-state index in [1.165, 1.54) is 25.9 Å². The largest absolute Gasteiger partial charge is 0.289 e. The predicted octanol–water partition coefficient (Wildman–Crippen LogP) is 0.742. The normalized spacial score (nSPS) is 41.4. The van der Waals surface area contributed by atoms with E-state index in [-0.39, 0.29) is 0 Å². The number of rotatable bonds is 1. The molecule has 0 aromatic heterocycles. The van der Waals surface area contributed by atoms with E-state index in [2.05, 4.69) is 23.8 Å². The van der Waals surface area contributed by atoms with Gasteiger partial charge in [-0.3, -0.25) is 9.80 Å². The van der Waals surface area contributed by atoms with Gasteiger partial charge in [0.1, 0.15) is 0 Å². The number of likely N-dealkylation sites (N-methyl/N-ethyl adjacent to an activating group) is 2. The molecule has 0 spiro atoms. The van der Waals surface area contributed by atoms with Crippen LogP contribution in [0.1, 0.15) is 19.8 Å². The van der Waals surface area contributed by atoms with E-state index in [1.807, 2.05) is 0 Å². The maximum atomic E-state index is 2.62. The van der Waals surface area contributed by atoms with Crippen LogP contribution in [0.15, 0.2) is 0 Å². The smallest absolute Gasteiger partial charge is 0.0623 e. The molecule has 2 aliphatic rings. The Morgan fingerprint density at radius 1 is 1.40 bits per heavy atom. The summed E-state index contributed by atoms with van der Waals surface area (Å²) in [4.78, 5) is 5.11. The molecule has 2 atom stereocenters. The first-order chi connectivity index (χ1) is 4.83. The van der Waals surface area contributed by atoms with E-state index >= 15 is 0 Å². The summed E-state index contributed by atoms with van der Waals surface area (Å²) in [5.41, 5.74) is 0. The number of piperidine rings is 1. The van der Waals surface area contributed by atoms with E-state index in [9.17, 15) is 0 Å². The first-order valence-electron chi connectivity index (χ1n) is 4.29. The van der Waals surface area contributed by atoms with E-state index in [0.29, 0.717) is 0 Å². The third-order valence-corrected chi connectivity index (χ3v) is 2.98. The van der Waals surface area contributed by atoms with E-state index < -0.39 is 0 Å². The van der Waals surface area contributed by atoms with Gasteiger partial charge in [0, 0.05) is 12.6 Å². The summed E-state index contributed by atoms with van der Waals surface area (Å²) >= 11 is 0. The lowest BCUT2D eigenvalue weighted by molar-refractivity contribution is 0.182. The van der Waals surface area contributed by atoms with Crippen LogP contribution in [0.25, 0.3) is 0 Å². The molecule has 0 aromatic carbocycles. The number of hydrogen-bond acceptors (Lipinski definition) is 2. The van der Waals surface area contributed by atoms with Gasteiger partial charge in [-0.1, -0.05) is 6.92 Å². The van der Waals surface area contributed by atoms with Crippen LogP contribution in [0.3, 0.4) is 0 Å². The molecule has 2 nitrogen and oxygen atoms in total. The van der Waals surface area contributed by atoms with Gasteiger partial charge in [-0.2, -0.15) is 0 Å². The molecule has 2 fully saturated rings. The summed E-state index contributed by atoms with van der Waals surface area (Å²) in [5, 5.41) is 0. The Hall–Kier alpha value is -0.0800. The Morgan fingerprint density at radius 2 is 2.20 bits per heavy atom. The summed E-state index contributed by atoms with van der Waals surface area (Å²) in [6, 6.07) is 0.889. The zero-order valence-corrected chi connectivity index (χ0v) is 6.88. The Morgan fingerprint density at radius 3 is 2.50 bits per heavy atom. The molecule has 0 saturated carbocycles. The SMILES string of the molecule is CCN1C2CCC1N(C)C2. The van der Waals surface area contributed by atoms with Crippen LogP contribution >= 0.6 is 0 Å². The van der Waals surface area contributed by atoms with Crippen molar-refractivity contribution in [1.29, 1.82) is 0 Å². The van der Waals surface area contributed by atoms with Crippen molar-refractivity contribution in [2.75, 3.05) is 20.1 Å². The molecule has 2 heterocycles. The number of hydrogen-bond donors (Lipinski definition) is 0. The van der Waals surface area contributed by atoms with Crippen molar-refractivity contribution in [3.05, 3.63) is 0 Å². The van der Waals surface area contributed by atoms with E-state index in [1.54, 1.807) is 0 Å². The zero-order valence-electron chi connectivity index (χ0n) is 6.88. The van der Waals surface area contributed by atoms with Crippen LogP contribution in [0.2, 0.25) is 0 Å². The van der Waals surface area contributed by atoms with Crippen molar-refractivity contribution in [1.82, 2.24) is 9.80 Å². The number of nitrogens with zero attached hydrogens (tertiary/aromatic N) is 2. The van der Waals surface area contributed by atoms with Gasteiger partial charge in [0.15, 0.2) is 0 Å². The molecule has 10 heavy (non-hydrogen) atoms. The van der Waals surface area contributed by atoms with Crippen LogP contribution < -0.4 is 0 Å². The van der Waals surface area contributed by atoms with Crippen LogP contribution in [-0.2, 0) is 0 Å². The van der Waals surface area contributed by atoms with E-state index in [0.717, 1.165) is 12.2 Å². The molecule has 2 rings (SSSR count). The molecule has 0 amide bonds. The molecule has 2 unspecified atom stereocenters. The van der Waals surface area contributed by atoms with Gasteiger partial charge in [0.2, 0.25) is 0 Å². The molecule has 2 saturated heterocycles. The molecule has 2 aliphatic heterocycles. The molecule has 0 aromatic rings. The van der Waals surface area contributed by atoms with Gasteiger partial charge in [0.05, 0.1) is 6.17 Å². The monoisotopic (exact) mass is 140 g/mol. The van der Waals surface area contributed by atoms with Gasteiger partial charge in [-0.15, -0.1) is 0 Å². The highest BCUT2D eigenvalue weighted by molar-refractivity contribution is 4.94. The molecule has 0 radical (unpaired) electrons. The minimum atomic E-state index is 0.787. The molecular formula is C8H16N2. The van der Waals surface area contributed by atoms with Crippen molar-refractivity contribution in [2.24, 2.45) is 0 Å². The van der Waals surface area contributed by atoms with Crippen molar-refractivity contribution in [3.63, 3.8) is 0 Å². The van der Waals surface area contributed by atoms with Crippen molar-refractivity contribution in [3.8, 4) is 0 Å². The Labute approximate surface area is 62.8 Å². The summed E-state index contributed by atoms with van der Waals surface area (Å²) in [7, 11) is 2.24. The summed E-state index contributed by atoms with van der Waals surface area (Å²) in [6.07, 6.45) is 3.62. The third kappa shape index (κ3) is 0.722. The lowest BCUT2D eigenvalue weighted by Gasteiger charge is -2.22. The van der Waals surface area contributed by atoms with Gasteiger partial charge in [-0.05, 0) is 26.4 Å².